The molecule has 7 nitrogen and oxygen atoms in total. The highest BCUT2D eigenvalue weighted by Crippen LogP contribution is 2.31. The minimum absolute atomic E-state index is 0.0622. The highest BCUT2D eigenvalue weighted by atomic mass is 19.1. The van der Waals surface area contributed by atoms with Crippen LogP contribution < -0.4 is 15.5 Å². The SMILES string of the molecule is CNC(=O)[C@H]1CN(c2cc(F)c(C3CC(=O)C=CN3)c(F)c2)C(=O)O1. The van der Waals surface area contributed by atoms with Gasteiger partial charge in [0, 0.05) is 25.2 Å². The number of rotatable bonds is 3. The van der Waals surface area contributed by atoms with Crippen molar-refractivity contribution in [3.05, 3.63) is 41.6 Å². The first-order valence-corrected chi connectivity index (χ1v) is 7.55. The lowest BCUT2D eigenvalue weighted by atomic mass is 9.97. The van der Waals surface area contributed by atoms with Crippen molar-refractivity contribution in [3.8, 4) is 0 Å². The molecule has 2 N–H and O–H groups in total. The van der Waals surface area contributed by atoms with Crippen LogP contribution in [0.4, 0.5) is 19.3 Å². The Morgan fingerprint density at radius 1 is 1.32 bits per heavy atom. The van der Waals surface area contributed by atoms with Gasteiger partial charge in [-0.1, -0.05) is 0 Å². The summed E-state index contributed by atoms with van der Waals surface area (Å²) < 4.78 is 33.8. The van der Waals surface area contributed by atoms with Crippen LogP contribution >= 0.6 is 0 Å². The summed E-state index contributed by atoms with van der Waals surface area (Å²) in [4.78, 5) is 35.8. The number of nitrogens with zero attached hydrogens (tertiary/aromatic N) is 1. The van der Waals surface area contributed by atoms with Gasteiger partial charge in [0.05, 0.1) is 18.3 Å². The fourth-order valence-corrected chi connectivity index (χ4v) is 2.80. The maximum absolute atomic E-state index is 14.5. The molecule has 1 aromatic carbocycles. The van der Waals surface area contributed by atoms with Crippen LogP contribution in [0.3, 0.4) is 0 Å². The van der Waals surface area contributed by atoms with E-state index in [1.54, 1.807) is 0 Å². The summed E-state index contributed by atoms with van der Waals surface area (Å²) >= 11 is 0. The Labute approximate surface area is 141 Å². The lowest BCUT2D eigenvalue weighted by Crippen LogP contribution is -2.35. The minimum atomic E-state index is -1.05. The number of hydrogen-bond acceptors (Lipinski definition) is 5. The maximum atomic E-state index is 14.5. The molecule has 2 aliphatic heterocycles. The molecule has 1 aromatic rings. The normalized spacial score (nSPS) is 22.6. The summed E-state index contributed by atoms with van der Waals surface area (Å²) in [6, 6.07) is 1.14. The standard InChI is InChI=1S/C16H15F2N3O4/c1-19-15(23)13-7-21(16(24)25-13)8-4-10(17)14(11(18)5-8)12-6-9(22)2-3-20-12/h2-5,12-13,20H,6-7H2,1H3,(H,19,23)/t12?,13-/m1/s1. The highest BCUT2D eigenvalue weighted by Gasteiger charge is 2.37. The fraction of sp³-hybridized carbons (Fsp3) is 0.312. The minimum Gasteiger partial charge on any atom is -0.434 e. The second kappa shape index (κ2) is 6.50. The quantitative estimate of drug-likeness (QED) is 0.853. The van der Waals surface area contributed by atoms with E-state index in [1.807, 2.05) is 0 Å². The van der Waals surface area contributed by atoms with E-state index in [1.165, 1.54) is 19.3 Å². The zero-order valence-electron chi connectivity index (χ0n) is 13.2. The van der Waals surface area contributed by atoms with E-state index < -0.39 is 35.8 Å². The summed E-state index contributed by atoms with van der Waals surface area (Å²) in [5.74, 6) is -2.55. The molecule has 25 heavy (non-hydrogen) atoms. The molecule has 2 aliphatic rings. The first kappa shape index (κ1) is 16.9. The Morgan fingerprint density at radius 2 is 2.00 bits per heavy atom. The number of ketones is 1. The van der Waals surface area contributed by atoms with E-state index in [2.05, 4.69) is 10.6 Å². The van der Waals surface area contributed by atoms with Gasteiger partial charge >= 0.3 is 6.09 Å². The molecule has 0 radical (unpaired) electrons. The van der Waals surface area contributed by atoms with Crippen LogP contribution in [0.1, 0.15) is 18.0 Å². The zero-order valence-corrected chi connectivity index (χ0v) is 13.2. The van der Waals surface area contributed by atoms with Crippen LogP contribution in [0.2, 0.25) is 0 Å². The number of cyclic esters (lactones) is 1. The number of carbonyl (C=O) groups is 3. The summed E-state index contributed by atoms with van der Waals surface area (Å²) in [5, 5.41) is 5.08. The number of carbonyl (C=O) groups excluding carboxylic acids is 3. The monoisotopic (exact) mass is 351 g/mol. The van der Waals surface area contributed by atoms with Gasteiger partial charge in [-0.3, -0.25) is 14.5 Å². The first-order chi connectivity index (χ1) is 11.9. The van der Waals surface area contributed by atoms with Crippen molar-refractivity contribution >= 4 is 23.5 Å². The fourth-order valence-electron chi connectivity index (χ4n) is 2.80. The number of halogens is 2. The third-order valence-corrected chi connectivity index (χ3v) is 4.05. The third-order valence-electron chi connectivity index (χ3n) is 4.05. The third kappa shape index (κ3) is 3.17. The molecule has 0 aromatic heterocycles. The number of amides is 2. The van der Waals surface area contributed by atoms with Crippen LogP contribution in [-0.2, 0) is 14.3 Å². The van der Waals surface area contributed by atoms with E-state index >= 15 is 0 Å². The molecule has 2 amide bonds. The van der Waals surface area contributed by atoms with Crippen molar-refractivity contribution in [2.45, 2.75) is 18.6 Å². The topological polar surface area (TPSA) is 87.7 Å². The molecule has 0 spiro atoms. The van der Waals surface area contributed by atoms with E-state index in [0.717, 1.165) is 17.0 Å². The van der Waals surface area contributed by atoms with Gasteiger partial charge in [0.2, 0.25) is 0 Å². The van der Waals surface area contributed by atoms with Crippen molar-refractivity contribution < 1.29 is 27.9 Å². The second-order valence-corrected chi connectivity index (χ2v) is 5.64. The lowest BCUT2D eigenvalue weighted by Gasteiger charge is -2.22. The number of benzene rings is 1. The molecule has 0 aliphatic carbocycles. The molecular weight excluding hydrogens is 336 g/mol. The highest BCUT2D eigenvalue weighted by molar-refractivity contribution is 5.95. The van der Waals surface area contributed by atoms with Gasteiger partial charge in [-0.2, -0.15) is 0 Å². The molecule has 9 heteroatoms. The van der Waals surface area contributed by atoms with Crippen molar-refractivity contribution in [2.75, 3.05) is 18.5 Å². The van der Waals surface area contributed by atoms with Gasteiger partial charge in [-0.25, -0.2) is 13.6 Å². The van der Waals surface area contributed by atoms with Gasteiger partial charge in [-0.15, -0.1) is 0 Å². The first-order valence-electron chi connectivity index (χ1n) is 7.55. The summed E-state index contributed by atoms with van der Waals surface area (Å²) in [7, 11) is 1.39. The largest absolute Gasteiger partial charge is 0.434 e. The Kier molecular flexibility index (Phi) is 4.39. The van der Waals surface area contributed by atoms with Crippen molar-refractivity contribution in [1.29, 1.82) is 0 Å². The molecule has 1 saturated heterocycles. The van der Waals surface area contributed by atoms with Crippen LogP contribution in [0.25, 0.3) is 0 Å². The Bertz CT molecular complexity index is 758. The average Bonchev–Trinajstić information content (AvgIpc) is 2.95. The Morgan fingerprint density at radius 3 is 2.60 bits per heavy atom. The number of anilines is 1. The van der Waals surface area contributed by atoms with Crippen LogP contribution in [0.5, 0.6) is 0 Å². The van der Waals surface area contributed by atoms with E-state index in [4.69, 9.17) is 4.74 Å². The molecule has 0 saturated carbocycles. The van der Waals surface area contributed by atoms with Gasteiger partial charge in [-0.05, 0) is 18.2 Å². The van der Waals surface area contributed by atoms with Gasteiger partial charge in [0.15, 0.2) is 11.9 Å². The molecular formula is C16H15F2N3O4. The predicted octanol–water partition coefficient (Wildman–Crippen LogP) is 1.15. The molecule has 2 heterocycles. The lowest BCUT2D eigenvalue weighted by molar-refractivity contribution is -0.127. The van der Waals surface area contributed by atoms with E-state index in [0.29, 0.717) is 0 Å². The molecule has 132 valence electrons. The number of hydrogen-bond donors (Lipinski definition) is 2. The van der Waals surface area contributed by atoms with Crippen molar-refractivity contribution in [2.24, 2.45) is 0 Å². The van der Waals surface area contributed by atoms with Gasteiger partial charge in [0.25, 0.3) is 5.91 Å². The summed E-state index contributed by atoms with van der Waals surface area (Å²) in [6.45, 7) is -0.153. The van der Waals surface area contributed by atoms with Crippen LogP contribution in [-0.4, -0.2) is 37.5 Å². The average molecular weight is 351 g/mol. The second-order valence-electron chi connectivity index (χ2n) is 5.64. The summed E-state index contributed by atoms with van der Waals surface area (Å²) in [6.07, 6.45) is 0.642. The van der Waals surface area contributed by atoms with E-state index in [-0.39, 0.29) is 30.0 Å². The smallest absolute Gasteiger partial charge is 0.415 e. The number of allylic oxidation sites excluding steroid dienone is 1. The van der Waals surface area contributed by atoms with Crippen LogP contribution in [0.15, 0.2) is 24.4 Å². The van der Waals surface area contributed by atoms with Crippen molar-refractivity contribution in [3.63, 3.8) is 0 Å². The zero-order chi connectivity index (χ0) is 18.1. The molecule has 3 rings (SSSR count). The number of likely N-dealkylation sites (N-methyl/N-ethyl adjacent to an activating group) is 1. The van der Waals surface area contributed by atoms with Crippen molar-refractivity contribution in [1.82, 2.24) is 10.6 Å². The Hall–Kier alpha value is -2.97. The molecule has 1 fully saturated rings. The molecule has 2 atom stereocenters. The number of ether oxygens (including phenoxy) is 1. The molecule has 1 unspecified atom stereocenters. The number of nitrogens with one attached hydrogen (secondary N) is 2. The summed E-state index contributed by atoms with van der Waals surface area (Å²) in [5.41, 5.74) is -0.343. The van der Waals surface area contributed by atoms with E-state index in [9.17, 15) is 23.2 Å². The Balaban J connectivity index is 1.88. The van der Waals surface area contributed by atoms with Gasteiger partial charge < -0.3 is 15.4 Å². The van der Waals surface area contributed by atoms with Crippen LogP contribution in [0, 0.1) is 11.6 Å². The predicted molar refractivity (Wildman–Crippen MR) is 82.7 cm³/mol. The van der Waals surface area contributed by atoms with Gasteiger partial charge in [0.1, 0.15) is 11.6 Å². The molecule has 0 bridgehead atoms. The maximum Gasteiger partial charge on any atom is 0.415 e.